The Morgan fingerprint density at radius 1 is 1.21 bits per heavy atom. The van der Waals surface area contributed by atoms with E-state index < -0.39 is 29.3 Å². The fraction of sp³-hybridized carbons (Fsp3) is 0.778. The average Bonchev–Trinajstić information content (AvgIpc) is 1.96. The highest BCUT2D eigenvalue weighted by Crippen LogP contribution is 2.29. The van der Waals surface area contributed by atoms with Gasteiger partial charge in [-0.3, -0.25) is 9.59 Å². The quantitative estimate of drug-likeness (QED) is 0.619. The predicted octanol–water partition coefficient (Wildman–Crippen LogP) is 0.535. The van der Waals surface area contributed by atoms with Crippen LogP contribution in [0.1, 0.15) is 27.2 Å². The molecule has 14 heavy (non-hydrogen) atoms. The molecular formula is C9H17NO4. The van der Waals surface area contributed by atoms with Crippen LogP contribution in [0.5, 0.6) is 0 Å². The van der Waals surface area contributed by atoms with Gasteiger partial charge in [0.2, 0.25) is 0 Å². The number of nitrogens with two attached hydrogens (primary N) is 1. The number of carboxylic acid groups (broad SMARTS) is 2. The SMILES string of the molecule is CC(C)(C)C(C[C@@H](N)C(=O)O)C(=O)O. The molecule has 0 fully saturated rings. The molecule has 0 aliphatic heterocycles. The van der Waals surface area contributed by atoms with Crippen molar-refractivity contribution >= 4 is 11.9 Å². The second-order valence-corrected chi connectivity index (χ2v) is 4.44. The van der Waals surface area contributed by atoms with Gasteiger partial charge in [-0.25, -0.2) is 0 Å². The van der Waals surface area contributed by atoms with E-state index >= 15 is 0 Å². The van der Waals surface area contributed by atoms with Crippen molar-refractivity contribution in [2.45, 2.75) is 33.2 Å². The molecule has 5 nitrogen and oxygen atoms in total. The third-order valence-corrected chi connectivity index (χ3v) is 2.15. The number of carboxylic acids is 2. The summed E-state index contributed by atoms with van der Waals surface area (Å²) in [4.78, 5) is 21.3. The van der Waals surface area contributed by atoms with Gasteiger partial charge >= 0.3 is 11.9 Å². The molecule has 0 spiro atoms. The Kier molecular flexibility index (Phi) is 4.07. The Morgan fingerprint density at radius 2 is 1.64 bits per heavy atom. The lowest BCUT2D eigenvalue weighted by Crippen LogP contribution is -2.39. The summed E-state index contributed by atoms with van der Waals surface area (Å²) >= 11 is 0. The molecule has 0 radical (unpaired) electrons. The summed E-state index contributed by atoms with van der Waals surface area (Å²) in [5, 5.41) is 17.5. The molecule has 1 unspecified atom stereocenters. The molecule has 4 N–H and O–H groups in total. The smallest absolute Gasteiger partial charge is 0.320 e. The van der Waals surface area contributed by atoms with Crippen molar-refractivity contribution in [1.29, 1.82) is 0 Å². The molecule has 82 valence electrons. The van der Waals surface area contributed by atoms with Crippen LogP contribution in [0, 0.1) is 11.3 Å². The van der Waals surface area contributed by atoms with E-state index in [9.17, 15) is 9.59 Å². The molecule has 0 aliphatic rings. The molecule has 0 aliphatic carbocycles. The summed E-state index contributed by atoms with van der Waals surface area (Å²) in [6, 6.07) is -1.12. The van der Waals surface area contributed by atoms with Gasteiger partial charge in [-0.05, 0) is 11.8 Å². The third kappa shape index (κ3) is 3.74. The molecular weight excluding hydrogens is 186 g/mol. The first-order chi connectivity index (χ1) is 6.16. The minimum Gasteiger partial charge on any atom is -0.481 e. The third-order valence-electron chi connectivity index (χ3n) is 2.15. The van der Waals surface area contributed by atoms with Crippen LogP contribution in [0.4, 0.5) is 0 Å². The Balaban J connectivity index is 4.55. The number of aliphatic carboxylic acids is 2. The van der Waals surface area contributed by atoms with Crippen LogP contribution >= 0.6 is 0 Å². The normalized spacial score (nSPS) is 16.0. The zero-order chi connectivity index (χ0) is 11.5. The van der Waals surface area contributed by atoms with Crippen LogP contribution in [0.25, 0.3) is 0 Å². The molecule has 0 aromatic heterocycles. The van der Waals surface area contributed by atoms with Gasteiger partial charge in [-0.1, -0.05) is 20.8 Å². The van der Waals surface area contributed by atoms with E-state index in [0.717, 1.165) is 0 Å². The minimum absolute atomic E-state index is 0.0475. The summed E-state index contributed by atoms with van der Waals surface area (Å²) in [5.41, 5.74) is 4.80. The van der Waals surface area contributed by atoms with E-state index in [2.05, 4.69) is 0 Å². The zero-order valence-corrected chi connectivity index (χ0v) is 8.65. The Labute approximate surface area is 82.9 Å². The number of rotatable bonds is 4. The van der Waals surface area contributed by atoms with Crippen LogP contribution in [0.2, 0.25) is 0 Å². The van der Waals surface area contributed by atoms with E-state index in [1.54, 1.807) is 20.8 Å². The zero-order valence-electron chi connectivity index (χ0n) is 8.65. The fourth-order valence-electron chi connectivity index (χ4n) is 1.18. The molecule has 0 bridgehead atoms. The van der Waals surface area contributed by atoms with Crippen molar-refractivity contribution in [1.82, 2.24) is 0 Å². The van der Waals surface area contributed by atoms with Crippen LogP contribution in [0.15, 0.2) is 0 Å². The number of hydrogen-bond donors (Lipinski definition) is 3. The van der Waals surface area contributed by atoms with Crippen LogP contribution in [0.3, 0.4) is 0 Å². The maximum atomic E-state index is 10.9. The van der Waals surface area contributed by atoms with Crippen molar-refractivity contribution in [3.05, 3.63) is 0 Å². The lowest BCUT2D eigenvalue weighted by molar-refractivity contribution is -0.147. The van der Waals surface area contributed by atoms with Crippen molar-refractivity contribution in [3.8, 4) is 0 Å². The molecule has 0 heterocycles. The minimum atomic E-state index is -1.17. The standard InChI is InChI=1S/C9H17NO4/c1-9(2,3)5(7(11)12)4-6(10)8(13)14/h5-6H,4,10H2,1-3H3,(H,11,12)(H,13,14)/t5?,6-/m1/s1. The first-order valence-electron chi connectivity index (χ1n) is 4.37. The Morgan fingerprint density at radius 3 is 1.86 bits per heavy atom. The van der Waals surface area contributed by atoms with Gasteiger partial charge in [0.1, 0.15) is 6.04 Å². The molecule has 0 amide bonds. The molecule has 0 rings (SSSR count). The number of carbonyl (C=O) groups is 2. The van der Waals surface area contributed by atoms with Crippen molar-refractivity contribution in [2.24, 2.45) is 17.1 Å². The summed E-state index contributed by atoms with van der Waals surface area (Å²) in [7, 11) is 0. The molecule has 0 saturated heterocycles. The topological polar surface area (TPSA) is 101 Å². The van der Waals surface area contributed by atoms with E-state index in [-0.39, 0.29) is 6.42 Å². The molecule has 0 aromatic rings. The monoisotopic (exact) mass is 203 g/mol. The van der Waals surface area contributed by atoms with Gasteiger partial charge in [-0.2, -0.15) is 0 Å². The first kappa shape index (κ1) is 12.9. The van der Waals surface area contributed by atoms with Crippen molar-refractivity contribution in [3.63, 3.8) is 0 Å². The summed E-state index contributed by atoms with van der Waals surface area (Å²) < 4.78 is 0. The predicted molar refractivity (Wildman–Crippen MR) is 50.8 cm³/mol. The molecule has 0 aromatic carbocycles. The summed E-state index contributed by atoms with van der Waals surface area (Å²) in [6.45, 7) is 5.25. The van der Waals surface area contributed by atoms with Gasteiger partial charge < -0.3 is 15.9 Å². The second-order valence-electron chi connectivity index (χ2n) is 4.44. The highest BCUT2D eigenvalue weighted by molar-refractivity contribution is 5.76. The second kappa shape index (κ2) is 4.41. The number of hydrogen-bond acceptors (Lipinski definition) is 3. The maximum absolute atomic E-state index is 10.9. The summed E-state index contributed by atoms with van der Waals surface area (Å²) in [6.07, 6.45) is -0.0475. The van der Waals surface area contributed by atoms with Crippen LogP contribution in [-0.2, 0) is 9.59 Å². The largest absolute Gasteiger partial charge is 0.481 e. The van der Waals surface area contributed by atoms with E-state index in [0.29, 0.717) is 0 Å². The van der Waals surface area contributed by atoms with Gasteiger partial charge in [0.15, 0.2) is 0 Å². The lowest BCUT2D eigenvalue weighted by atomic mass is 9.77. The van der Waals surface area contributed by atoms with Crippen LogP contribution in [-0.4, -0.2) is 28.2 Å². The molecule has 5 heteroatoms. The van der Waals surface area contributed by atoms with Gasteiger partial charge in [0.25, 0.3) is 0 Å². The summed E-state index contributed by atoms with van der Waals surface area (Å²) in [5.74, 6) is -2.91. The van der Waals surface area contributed by atoms with Gasteiger partial charge in [0, 0.05) is 0 Å². The first-order valence-corrected chi connectivity index (χ1v) is 4.37. The van der Waals surface area contributed by atoms with Gasteiger partial charge in [0.05, 0.1) is 5.92 Å². The van der Waals surface area contributed by atoms with Crippen LogP contribution < -0.4 is 5.73 Å². The molecule has 0 saturated carbocycles. The van der Waals surface area contributed by atoms with E-state index in [1.807, 2.05) is 0 Å². The highest BCUT2D eigenvalue weighted by Gasteiger charge is 2.34. The molecule has 2 atom stereocenters. The van der Waals surface area contributed by atoms with Crippen molar-refractivity contribution in [2.75, 3.05) is 0 Å². The van der Waals surface area contributed by atoms with E-state index in [1.165, 1.54) is 0 Å². The fourth-order valence-corrected chi connectivity index (χ4v) is 1.18. The maximum Gasteiger partial charge on any atom is 0.320 e. The highest BCUT2D eigenvalue weighted by atomic mass is 16.4. The van der Waals surface area contributed by atoms with Crippen molar-refractivity contribution < 1.29 is 19.8 Å². The van der Waals surface area contributed by atoms with E-state index in [4.69, 9.17) is 15.9 Å². The Hall–Kier alpha value is -1.10. The lowest BCUT2D eigenvalue weighted by Gasteiger charge is -2.28. The average molecular weight is 203 g/mol. The van der Waals surface area contributed by atoms with Gasteiger partial charge in [-0.15, -0.1) is 0 Å². The Bertz CT molecular complexity index is 231.